The summed E-state index contributed by atoms with van der Waals surface area (Å²) >= 11 is 6.00. The number of nitrogens with zero attached hydrogens (tertiary/aromatic N) is 1. The van der Waals surface area contributed by atoms with E-state index < -0.39 is 10.8 Å². The molecule has 0 aliphatic heterocycles. The number of alkyl halides is 1. The van der Waals surface area contributed by atoms with E-state index in [9.17, 15) is 14.9 Å². The number of amides is 1. The second kappa shape index (κ2) is 7.41. The van der Waals surface area contributed by atoms with Crippen LogP contribution in [0.3, 0.4) is 0 Å². The van der Waals surface area contributed by atoms with Gasteiger partial charge in [0.05, 0.1) is 4.92 Å². The highest BCUT2D eigenvalue weighted by Crippen LogP contribution is 2.27. The molecule has 6 heteroatoms. The first-order chi connectivity index (χ1) is 9.89. The first-order valence-electron chi connectivity index (χ1n) is 6.98. The van der Waals surface area contributed by atoms with Crippen LogP contribution in [-0.4, -0.2) is 23.3 Å². The molecule has 0 bridgehead atoms. The number of benzene rings is 1. The van der Waals surface area contributed by atoms with E-state index in [1.807, 2.05) is 13.8 Å². The summed E-state index contributed by atoms with van der Waals surface area (Å²) in [4.78, 5) is 22.7. The van der Waals surface area contributed by atoms with E-state index in [1.165, 1.54) is 12.1 Å². The van der Waals surface area contributed by atoms with Gasteiger partial charge < -0.3 is 5.32 Å². The van der Waals surface area contributed by atoms with Crippen molar-refractivity contribution in [1.82, 2.24) is 5.32 Å². The summed E-state index contributed by atoms with van der Waals surface area (Å²) in [5.41, 5.74) is 0.550. The van der Waals surface area contributed by atoms with Crippen molar-refractivity contribution in [1.29, 1.82) is 0 Å². The van der Waals surface area contributed by atoms with Gasteiger partial charge in [-0.1, -0.05) is 19.9 Å². The van der Waals surface area contributed by atoms with Crippen molar-refractivity contribution in [2.24, 2.45) is 5.41 Å². The van der Waals surface area contributed by atoms with Crippen molar-refractivity contribution in [3.05, 3.63) is 39.4 Å². The molecule has 5 nitrogen and oxygen atoms in total. The average Bonchev–Trinajstić information content (AvgIpc) is 2.48. The lowest BCUT2D eigenvalue weighted by molar-refractivity contribution is -0.385. The maximum absolute atomic E-state index is 12.3. The molecular weight excluding hydrogens is 292 g/mol. The number of hydrogen-bond acceptors (Lipinski definition) is 3. The molecule has 116 valence electrons. The zero-order valence-corrected chi connectivity index (χ0v) is 13.4. The van der Waals surface area contributed by atoms with Crippen LogP contribution in [0.25, 0.3) is 0 Å². The smallest absolute Gasteiger partial charge is 0.282 e. The molecule has 1 rings (SSSR count). The summed E-state index contributed by atoms with van der Waals surface area (Å²) in [7, 11) is 0. The molecule has 1 amide bonds. The van der Waals surface area contributed by atoms with E-state index in [2.05, 4.69) is 5.32 Å². The number of carbonyl (C=O) groups excluding carboxylic acids is 1. The third-order valence-electron chi connectivity index (χ3n) is 4.00. The number of nitro benzene ring substituents is 1. The molecule has 0 aromatic heterocycles. The Hall–Kier alpha value is -1.62. The number of halogens is 1. The number of rotatable bonds is 7. The standard InChI is InChI=1S/C15H21ClN2O3/c1-4-15(5-2,9-16)10-17-14(19)12-8-11(3)6-7-13(12)18(20)21/h6-8H,4-5,9-10H2,1-3H3,(H,17,19). The molecule has 1 aromatic rings. The molecule has 21 heavy (non-hydrogen) atoms. The third kappa shape index (κ3) is 4.17. The van der Waals surface area contributed by atoms with Crippen LogP contribution in [0.5, 0.6) is 0 Å². The van der Waals surface area contributed by atoms with Gasteiger partial charge in [-0.15, -0.1) is 11.6 Å². The molecule has 0 radical (unpaired) electrons. The normalized spacial score (nSPS) is 11.2. The predicted molar refractivity (Wildman–Crippen MR) is 83.9 cm³/mol. The van der Waals surface area contributed by atoms with Gasteiger partial charge in [0.1, 0.15) is 5.56 Å². The molecule has 1 aromatic carbocycles. The van der Waals surface area contributed by atoms with Crippen LogP contribution in [-0.2, 0) is 0 Å². The largest absolute Gasteiger partial charge is 0.351 e. The molecule has 0 fully saturated rings. The Bertz CT molecular complexity index is 519. The van der Waals surface area contributed by atoms with Gasteiger partial charge in [0.25, 0.3) is 11.6 Å². The number of hydrogen-bond donors (Lipinski definition) is 1. The second-order valence-corrected chi connectivity index (χ2v) is 5.57. The minimum Gasteiger partial charge on any atom is -0.351 e. The number of nitrogens with one attached hydrogen (secondary N) is 1. The topological polar surface area (TPSA) is 72.2 Å². The van der Waals surface area contributed by atoms with Crippen LogP contribution in [0.2, 0.25) is 0 Å². The monoisotopic (exact) mass is 312 g/mol. The third-order valence-corrected chi connectivity index (χ3v) is 4.57. The lowest BCUT2D eigenvalue weighted by atomic mass is 9.84. The lowest BCUT2D eigenvalue weighted by Gasteiger charge is -2.29. The van der Waals surface area contributed by atoms with Gasteiger partial charge in [-0.25, -0.2) is 0 Å². The van der Waals surface area contributed by atoms with Gasteiger partial charge in [0.15, 0.2) is 0 Å². The molecule has 0 spiro atoms. The van der Waals surface area contributed by atoms with Gasteiger partial charge in [-0.2, -0.15) is 0 Å². The molecule has 0 heterocycles. The number of carbonyl (C=O) groups is 1. The fraction of sp³-hybridized carbons (Fsp3) is 0.533. The summed E-state index contributed by atoms with van der Waals surface area (Å²) in [6.45, 7) is 6.25. The van der Waals surface area contributed by atoms with Gasteiger partial charge in [0, 0.05) is 23.9 Å². The maximum Gasteiger partial charge on any atom is 0.282 e. The van der Waals surface area contributed by atoms with Crippen molar-refractivity contribution in [2.45, 2.75) is 33.6 Å². The summed E-state index contributed by atoms with van der Waals surface area (Å²) < 4.78 is 0. The fourth-order valence-electron chi connectivity index (χ4n) is 2.09. The predicted octanol–water partition coefficient (Wildman–Crippen LogP) is 3.68. The van der Waals surface area contributed by atoms with Crippen molar-refractivity contribution >= 4 is 23.2 Å². The average molecular weight is 313 g/mol. The van der Waals surface area contributed by atoms with Crippen LogP contribution >= 0.6 is 11.6 Å². The van der Waals surface area contributed by atoms with E-state index in [1.54, 1.807) is 13.0 Å². The fourth-order valence-corrected chi connectivity index (χ4v) is 2.56. The van der Waals surface area contributed by atoms with E-state index in [-0.39, 0.29) is 16.7 Å². The Morgan fingerprint density at radius 3 is 2.48 bits per heavy atom. The van der Waals surface area contributed by atoms with Gasteiger partial charge in [-0.05, 0) is 31.4 Å². The molecular formula is C15H21ClN2O3. The van der Waals surface area contributed by atoms with E-state index in [0.29, 0.717) is 12.4 Å². The van der Waals surface area contributed by atoms with Crippen LogP contribution in [0.15, 0.2) is 18.2 Å². The molecule has 0 unspecified atom stereocenters. The highest BCUT2D eigenvalue weighted by molar-refractivity contribution is 6.18. The minimum absolute atomic E-state index is 0.0932. The minimum atomic E-state index is -0.539. The highest BCUT2D eigenvalue weighted by atomic mass is 35.5. The SMILES string of the molecule is CCC(CC)(CCl)CNC(=O)c1cc(C)ccc1[N+](=O)[O-]. The van der Waals surface area contributed by atoms with Crippen molar-refractivity contribution < 1.29 is 9.72 Å². The molecule has 0 atom stereocenters. The molecule has 0 saturated heterocycles. The zero-order chi connectivity index (χ0) is 16.0. The summed E-state index contributed by atoms with van der Waals surface area (Å²) in [6.07, 6.45) is 1.67. The Balaban J connectivity index is 2.95. The highest BCUT2D eigenvalue weighted by Gasteiger charge is 2.27. The summed E-state index contributed by atoms with van der Waals surface area (Å²) in [5.74, 6) is 0.0118. The van der Waals surface area contributed by atoms with Crippen molar-refractivity contribution in [3.8, 4) is 0 Å². The number of nitro groups is 1. The Morgan fingerprint density at radius 2 is 2.00 bits per heavy atom. The summed E-state index contributed by atoms with van der Waals surface area (Å²) in [6, 6.07) is 4.52. The van der Waals surface area contributed by atoms with Crippen LogP contribution < -0.4 is 5.32 Å². The first-order valence-corrected chi connectivity index (χ1v) is 7.51. The Labute approximate surface area is 129 Å². The maximum atomic E-state index is 12.3. The second-order valence-electron chi connectivity index (χ2n) is 5.30. The Morgan fingerprint density at radius 1 is 1.38 bits per heavy atom. The molecule has 1 N–H and O–H groups in total. The lowest BCUT2D eigenvalue weighted by Crippen LogP contribution is -2.38. The van der Waals surface area contributed by atoms with Crippen molar-refractivity contribution in [2.75, 3.05) is 12.4 Å². The van der Waals surface area contributed by atoms with Crippen LogP contribution in [0.1, 0.15) is 42.6 Å². The quantitative estimate of drug-likeness (QED) is 0.474. The van der Waals surface area contributed by atoms with E-state index in [4.69, 9.17) is 11.6 Å². The van der Waals surface area contributed by atoms with Crippen molar-refractivity contribution in [3.63, 3.8) is 0 Å². The van der Waals surface area contributed by atoms with Crippen LogP contribution in [0, 0.1) is 22.5 Å². The number of aryl methyl sites for hydroxylation is 1. The van der Waals surface area contributed by atoms with Gasteiger partial charge in [0.2, 0.25) is 0 Å². The first kappa shape index (κ1) is 17.4. The Kier molecular flexibility index (Phi) is 6.15. The summed E-state index contributed by atoms with van der Waals surface area (Å²) in [5, 5.41) is 13.8. The molecule has 0 saturated carbocycles. The molecule has 0 aliphatic carbocycles. The van der Waals surface area contributed by atoms with Gasteiger partial charge in [-0.3, -0.25) is 14.9 Å². The van der Waals surface area contributed by atoms with E-state index >= 15 is 0 Å². The van der Waals surface area contributed by atoms with Gasteiger partial charge >= 0.3 is 0 Å². The van der Waals surface area contributed by atoms with Crippen LogP contribution in [0.4, 0.5) is 5.69 Å². The zero-order valence-electron chi connectivity index (χ0n) is 12.6. The molecule has 0 aliphatic rings. The van der Waals surface area contributed by atoms with E-state index in [0.717, 1.165) is 18.4 Å².